The van der Waals surface area contributed by atoms with Crippen molar-refractivity contribution in [2.24, 2.45) is 5.10 Å². The van der Waals surface area contributed by atoms with Gasteiger partial charge in [0.2, 0.25) is 11.8 Å². The molecule has 1 aliphatic heterocycles. The molecule has 2 rings (SSSR count). The number of benzene rings is 1. The van der Waals surface area contributed by atoms with Crippen molar-refractivity contribution in [2.45, 2.75) is 18.9 Å². The van der Waals surface area contributed by atoms with Gasteiger partial charge in [-0.15, -0.1) is 0 Å². The van der Waals surface area contributed by atoms with Crippen LogP contribution in [0.1, 0.15) is 18.4 Å². The number of hydrazine groups is 1. The van der Waals surface area contributed by atoms with Crippen molar-refractivity contribution in [1.29, 1.82) is 0 Å². The summed E-state index contributed by atoms with van der Waals surface area (Å²) in [4.78, 5) is 22.6. The molecule has 106 valence electrons. The van der Waals surface area contributed by atoms with Crippen LogP contribution in [0, 0.1) is 0 Å². The van der Waals surface area contributed by atoms with Crippen LogP contribution in [0.15, 0.2) is 29.4 Å². The van der Waals surface area contributed by atoms with Crippen LogP contribution in [-0.2, 0) is 9.59 Å². The molecule has 1 atom stereocenters. The number of nitrogens with zero attached hydrogens (tertiary/aromatic N) is 1. The first-order valence-electron chi connectivity index (χ1n) is 6.18. The molecule has 20 heavy (non-hydrogen) atoms. The van der Waals surface area contributed by atoms with Gasteiger partial charge in [-0.2, -0.15) is 5.10 Å². The molecule has 7 heteroatoms. The third-order valence-electron chi connectivity index (χ3n) is 2.81. The van der Waals surface area contributed by atoms with Crippen molar-refractivity contribution in [3.05, 3.63) is 29.8 Å². The van der Waals surface area contributed by atoms with Crippen LogP contribution in [-0.4, -0.2) is 31.2 Å². The number of rotatable bonds is 5. The van der Waals surface area contributed by atoms with Crippen molar-refractivity contribution in [3.63, 3.8) is 0 Å². The van der Waals surface area contributed by atoms with Crippen molar-refractivity contribution < 1.29 is 14.3 Å². The lowest BCUT2D eigenvalue weighted by Crippen LogP contribution is -2.34. The number of nitrogens with one attached hydrogen (secondary N) is 3. The number of hydrogen-bond donors (Lipinski definition) is 3. The quantitative estimate of drug-likeness (QED) is 0.518. The number of methoxy groups -OCH3 is 1. The van der Waals surface area contributed by atoms with E-state index < -0.39 is 0 Å². The monoisotopic (exact) mass is 276 g/mol. The summed E-state index contributed by atoms with van der Waals surface area (Å²) in [5.74, 6) is 0.309. The third kappa shape index (κ3) is 3.79. The Kier molecular flexibility index (Phi) is 4.67. The van der Waals surface area contributed by atoms with Crippen LogP contribution < -0.4 is 21.0 Å². The highest BCUT2D eigenvalue weighted by Crippen LogP contribution is 2.14. The number of amides is 2. The summed E-state index contributed by atoms with van der Waals surface area (Å²) < 4.78 is 5.16. The van der Waals surface area contributed by atoms with Gasteiger partial charge in [0.05, 0.1) is 13.3 Å². The maximum absolute atomic E-state index is 11.6. The molecule has 1 fully saturated rings. The summed E-state index contributed by atoms with van der Waals surface area (Å²) in [6, 6.07) is 7.15. The summed E-state index contributed by atoms with van der Waals surface area (Å²) in [5, 5.41) is 3.87. The van der Waals surface area contributed by atoms with Gasteiger partial charge in [0.15, 0.2) is 0 Å². The lowest BCUT2D eigenvalue weighted by Gasteiger charge is -2.06. The van der Waals surface area contributed by atoms with Crippen LogP contribution in [0.25, 0.3) is 0 Å². The standard InChI is InChI=1S/C13H16N4O3/c1-20-11-5-3-2-4-9(11)8-14-16-12(18)6-10-7-13(19)17-15-10/h2-5,8,10,15H,6-7H2,1H3,(H,16,18)(H,17,19)/b14-8+. The summed E-state index contributed by atoms with van der Waals surface area (Å²) in [7, 11) is 1.57. The van der Waals surface area contributed by atoms with Crippen LogP contribution in [0.4, 0.5) is 0 Å². The van der Waals surface area contributed by atoms with E-state index in [0.717, 1.165) is 5.56 Å². The normalized spacial score (nSPS) is 18.1. The predicted molar refractivity (Wildman–Crippen MR) is 73.0 cm³/mol. The van der Waals surface area contributed by atoms with Gasteiger partial charge in [-0.05, 0) is 12.1 Å². The number of carbonyl (C=O) groups excluding carboxylic acids is 2. The number of para-hydroxylation sites is 1. The van der Waals surface area contributed by atoms with Crippen LogP contribution in [0.2, 0.25) is 0 Å². The molecule has 0 bridgehead atoms. The van der Waals surface area contributed by atoms with Crippen molar-refractivity contribution in [1.82, 2.24) is 16.3 Å². The van der Waals surface area contributed by atoms with E-state index in [1.54, 1.807) is 7.11 Å². The topological polar surface area (TPSA) is 91.8 Å². The molecule has 7 nitrogen and oxygen atoms in total. The molecule has 0 saturated carbocycles. The van der Waals surface area contributed by atoms with Gasteiger partial charge >= 0.3 is 0 Å². The summed E-state index contributed by atoms with van der Waals surface area (Å²) >= 11 is 0. The number of ether oxygens (including phenoxy) is 1. The van der Waals surface area contributed by atoms with Crippen LogP contribution in [0.3, 0.4) is 0 Å². The van der Waals surface area contributed by atoms with E-state index in [1.165, 1.54) is 6.21 Å². The van der Waals surface area contributed by atoms with Gasteiger partial charge in [0.1, 0.15) is 5.75 Å². The predicted octanol–water partition coefficient (Wildman–Crippen LogP) is -0.0715. The second-order valence-corrected chi connectivity index (χ2v) is 4.33. The average Bonchev–Trinajstić information content (AvgIpc) is 2.84. The van der Waals surface area contributed by atoms with E-state index in [-0.39, 0.29) is 24.3 Å². The zero-order valence-corrected chi connectivity index (χ0v) is 11.1. The molecule has 1 aliphatic rings. The first-order valence-corrected chi connectivity index (χ1v) is 6.18. The Morgan fingerprint density at radius 3 is 3.05 bits per heavy atom. The minimum Gasteiger partial charge on any atom is -0.496 e. The van der Waals surface area contributed by atoms with Crippen molar-refractivity contribution >= 4 is 18.0 Å². The highest BCUT2D eigenvalue weighted by atomic mass is 16.5. The van der Waals surface area contributed by atoms with Gasteiger partial charge in [-0.1, -0.05) is 12.1 Å². The van der Waals surface area contributed by atoms with Gasteiger partial charge in [-0.25, -0.2) is 10.9 Å². The highest BCUT2D eigenvalue weighted by molar-refractivity contribution is 5.85. The van der Waals surface area contributed by atoms with E-state index in [9.17, 15) is 9.59 Å². The Labute approximate surface area is 116 Å². The van der Waals surface area contributed by atoms with Crippen LogP contribution in [0.5, 0.6) is 5.75 Å². The minimum atomic E-state index is -0.259. The molecule has 0 radical (unpaired) electrons. The molecule has 3 N–H and O–H groups in total. The minimum absolute atomic E-state index is 0.111. The van der Waals surface area contributed by atoms with Gasteiger partial charge in [-0.3, -0.25) is 15.0 Å². The lowest BCUT2D eigenvalue weighted by molar-refractivity contribution is -0.121. The number of hydrazone groups is 1. The van der Waals surface area contributed by atoms with E-state index in [0.29, 0.717) is 12.2 Å². The van der Waals surface area contributed by atoms with E-state index in [2.05, 4.69) is 21.4 Å². The molecule has 0 aliphatic carbocycles. The molecular weight excluding hydrogens is 260 g/mol. The van der Waals surface area contributed by atoms with Gasteiger partial charge in [0, 0.05) is 24.4 Å². The van der Waals surface area contributed by atoms with Gasteiger partial charge in [0.25, 0.3) is 0 Å². The highest BCUT2D eigenvalue weighted by Gasteiger charge is 2.23. The molecule has 1 saturated heterocycles. The Morgan fingerprint density at radius 2 is 2.35 bits per heavy atom. The molecule has 2 amide bonds. The third-order valence-corrected chi connectivity index (χ3v) is 2.81. The first-order chi connectivity index (χ1) is 9.69. The zero-order chi connectivity index (χ0) is 14.4. The van der Waals surface area contributed by atoms with E-state index >= 15 is 0 Å². The zero-order valence-electron chi connectivity index (χ0n) is 11.1. The van der Waals surface area contributed by atoms with Gasteiger partial charge < -0.3 is 4.74 Å². The fraction of sp³-hybridized carbons (Fsp3) is 0.308. The van der Waals surface area contributed by atoms with Crippen molar-refractivity contribution in [2.75, 3.05) is 7.11 Å². The Bertz CT molecular complexity index is 530. The molecule has 1 unspecified atom stereocenters. The number of carbonyl (C=O) groups is 2. The SMILES string of the molecule is COc1ccccc1/C=N/NC(=O)CC1CC(=O)NN1. The van der Waals surface area contributed by atoms with Crippen molar-refractivity contribution in [3.8, 4) is 5.75 Å². The molecular formula is C13H16N4O3. The fourth-order valence-corrected chi connectivity index (χ4v) is 1.85. The Balaban J connectivity index is 1.83. The molecule has 1 aromatic rings. The summed E-state index contributed by atoms with van der Waals surface area (Å²) in [6.45, 7) is 0. The molecule has 0 spiro atoms. The summed E-state index contributed by atoms with van der Waals surface area (Å²) in [6.07, 6.45) is 1.99. The summed E-state index contributed by atoms with van der Waals surface area (Å²) in [5.41, 5.74) is 8.37. The Morgan fingerprint density at radius 1 is 1.55 bits per heavy atom. The maximum Gasteiger partial charge on any atom is 0.241 e. The number of hydrogen-bond acceptors (Lipinski definition) is 5. The smallest absolute Gasteiger partial charge is 0.241 e. The van der Waals surface area contributed by atoms with E-state index in [1.807, 2.05) is 24.3 Å². The van der Waals surface area contributed by atoms with E-state index in [4.69, 9.17) is 4.74 Å². The van der Waals surface area contributed by atoms with Crippen LogP contribution >= 0.6 is 0 Å². The maximum atomic E-state index is 11.6. The molecule has 1 aromatic carbocycles. The molecule has 0 aromatic heterocycles. The lowest BCUT2D eigenvalue weighted by atomic mass is 10.1. The fourth-order valence-electron chi connectivity index (χ4n) is 1.85. The molecule has 1 heterocycles. The second-order valence-electron chi connectivity index (χ2n) is 4.33. The first kappa shape index (κ1) is 14.0. The Hall–Kier alpha value is -2.41. The average molecular weight is 276 g/mol. The largest absolute Gasteiger partial charge is 0.496 e. The second kappa shape index (κ2) is 6.67.